The predicted molar refractivity (Wildman–Crippen MR) is 59.7 cm³/mol. The fourth-order valence-electron chi connectivity index (χ4n) is 1.39. The molecule has 0 atom stereocenters. The van der Waals surface area contributed by atoms with E-state index in [2.05, 4.69) is 4.98 Å². The maximum atomic E-state index is 8.68. The number of benzene rings is 1. The highest BCUT2D eigenvalue weighted by Gasteiger charge is 1.94. The zero-order valence-electron chi connectivity index (χ0n) is 8.24. The molecule has 0 amide bonds. The zero-order chi connectivity index (χ0) is 10.5. The van der Waals surface area contributed by atoms with Crippen LogP contribution in [0.25, 0.3) is 11.8 Å². The lowest BCUT2D eigenvalue weighted by molar-refractivity contribution is 0.343. The Bertz CT molecular complexity index is 446. The molecule has 1 N–H and O–H groups in total. The average molecular weight is 200 g/mol. The summed E-state index contributed by atoms with van der Waals surface area (Å²) in [5.74, 6) is 0. The third-order valence-electron chi connectivity index (χ3n) is 2.09. The second kappa shape index (κ2) is 4.57. The van der Waals surface area contributed by atoms with Gasteiger partial charge in [0.2, 0.25) is 0 Å². The Balaban J connectivity index is 2.31. The van der Waals surface area contributed by atoms with Gasteiger partial charge in [0.25, 0.3) is 0 Å². The van der Waals surface area contributed by atoms with Gasteiger partial charge in [-0.2, -0.15) is 0 Å². The van der Waals surface area contributed by atoms with Crippen LogP contribution < -0.4 is 0 Å². The molecule has 3 heteroatoms. The lowest BCUT2D eigenvalue weighted by Crippen LogP contribution is -1.89. The lowest BCUT2D eigenvalue weighted by atomic mass is 10.2. The van der Waals surface area contributed by atoms with Gasteiger partial charge in [-0.15, -0.1) is 0 Å². The Kier molecular flexibility index (Phi) is 2.95. The first-order valence-corrected chi connectivity index (χ1v) is 4.76. The number of aromatic nitrogens is 2. The first-order chi connectivity index (χ1) is 7.40. The number of nitrogens with zero attached hydrogens (tertiary/aromatic N) is 2. The quantitative estimate of drug-likeness (QED) is 0.821. The molecule has 0 aliphatic heterocycles. The van der Waals surface area contributed by atoms with Gasteiger partial charge in [-0.25, -0.2) is 4.98 Å². The molecule has 2 aromatic rings. The van der Waals surface area contributed by atoms with Crippen molar-refractivity contribution in [1.29, 1.82) is 0 Å². The minimum Gasteiger partial charge on any atom is -0.392 e. The van der Waals surface area contributed by atoms with Gasteiger partial charge in [-0.1, -0.05) is 24.3 Å². The van der Waals surface area contributed by atoms with E-state index in [1.165, 1.54) is 0 Å². The van der Waals surface area contributed by atoms with E-state index in [0.717, 1.165) is 11.3 Å². The number of aliphatic hydroxyl groups is 1. The van der Waals surface area contributed by atoms with Crippen molar-refractivity contribution in [3.63, 3.8) is 0 Å². The van der Waals surface area contributed by atoms with E-state index < -0.39 is 0 Å². The highest BCUT2D eigenvalue weighted by Crippen LogP contribution is 2.11. The van der Waals surface area contributed by atoms with Crippen molar-refractivity contribution in [2.45, 2.75) is 0 Å². The minimum absolute atomic E-state index is 0.0648. The average Bonchev–Trinajstić information content (AvgIpc) is 2.80. The summed E-state index contributed by atoms with van der Waals surface area (Å²) in [7, 11) is 0. The molecule has 1 aromatic heterocycles. The largest absolute Gasteiger partial charge is 0.392 e. The maximum Gasteiger partial charge on any atom is 0.0991 e. The van der Waals surface area contributed by atoms with Crippen LogP contribution in [0.15, 0.2) is 49.1 Å². The Morgan fingerprint density at radius 1 is 1.40 bits per heavy atom. The highest BCUT2D eigenvalue weighted by atomic mass is 16.2. The SMILES string of the molecule is OC/C=C/c1cccc(-n2ccnc2)c1. The van der Waals surface area contributed by atoms with Gasteiger partial charge in [-0.3, -0.25) is 0 Å². The lowest BCUT2D eigenvalue weighted by Gasteiger charge is -2.02. The summed E-state index contributed by atoms with van der Waals surface area (Å²) in [6.07, 6.45) is 9.01. The maximum absolute atomic E-state index is 8.68. The van der Waals surface area contributed by atoms with Crippen molar-refractivity contribution in [3.8, 4) is 5.69 Å². The number of aliphatic hydroxyl groups excluding tert-OH is 1. The van der Waals surface area contributed by atoms with E-state index in [4.69, 9.17) is 5.11 Å². The van der Waals surface area contributed by atoms with Crippen LogP contribution in [0.1, 0.15) is 5.56 Å². The van der Waals surface area contributed by atoms with Gasteiger partial charge in [0, 0.05) is 18.1 Å². The summed E-state index contributed by atoms with van der Waals surface area (Å²) in [6.45, 7) is 0.0648. The van der Waals surface area contributed by atoms with Crippen molar-refractivity contribution in [2.75, 3.05) is 6.61 Å². The van der Waals surface area contributed by atoms with E-state index in [1.54, 1.807) is 18.6 Å². The molecule has 1 heterocycles. The Morgan fingerprint density at radius 3 is 3.07 bits per heavy atom. The normalized spacial score (nSPS) is 11.0. The number of imidazole rings is 1. The van der Waals surface area contributed by atoms with Gasteiger partial charge < -0.3 is 9.67 Å². The van der Waals surface area contributed by atoms with Gasteiger partial charge in [0.1, 0.15) is 0 Å². The van der Waals surface area contributed by atoms with Crippen LogP contribution in [0.4, 0.5) is 0 Å². The summed E-state index contributed by atoms with van der Waals surface area (Å²) in [6, 6.07) is 8.02. The molecule has 0 unspecified atom stereocenters. The molecular weight excluding hydrogens is 188 g/mol. The molecule has 0 saturated heterocycles. The van der Waals surface area contributed by atoms with Gasteiger partial charge in [-0.05, 0) is 17.7 Å². The Morgan fingerprint density at radius 2 is 2.33 bits per heavy atom. The predicted octanol–water partition coefficient (Wildman–Crippen LogP) is 1.88. The Hall–Kier alpha value is -1.87. The first-order valence-electron chi connectivity index (χ1n) is 4.76. The molecule has 0 saturated carbocycles. The van der Waals surface area contributed by atoms with Crippen LogP contribution in [-0.2, 0) is 0 Å². The van der Waals surface area contributed by atoms with E-state index >= 15 is 0 Å². The zero-order valence-corrected chi connectivity index (χ0v) is 8.24. The molecule has 0 radical (unpaired) electrons. The van der Waals surface area contributed by atoms with Crippen LogP contribution in [0.2, 0.25) is 0 Å². The second-order valence-corrected chi connectivity index (χ2v) is 3.15. The number of hydrogen-bond donors (Lipinski definition) is 1. The van der Waals surface area contributed by atoms with Crippen molar-refractivity contribution < 1.29 is 5.11 Å². The topological polar surface area (TPSA) is 38.0 Å². The van der Waals surface area contributed by atoms with Crippen LogP contribution in [0, 0.1) is 0 Å². The second-order valence-electron chi connectivity index (χ2n) is 3.15. The molecule has 0 fully saturated rings. The number of rotatable bonds is 3. The van der Waals surface area contributed by atoms with E-state index in [-0.39, 0.29) is 6.61 Å². The van der Waals surface area contributed by atoms with E-state index in [1.807, 2.05) is 41.1 Å². The van der Waals surface area contributed by atoms with Crippen molar-refractivity contribution in [3.05, 3.63) is 54.6 Å². The van der Waals surface area contributed by atoms with Crippen molar-refractivity contribution in [1.82, 2.24) is 9.55 Å². The molecule has 0 bridgehead atoms. The minimum atomic E-state index is 0.0648. The summed E-state index contributed by atoms with van der Waals surface area (Å²) >= 11 is 0. The van der Waals surface area contributed by atoms with Crippen LogP contribution in [0.5, 0.6) is 0 Å². The standard InChI is InChI=1S/C12H12N2O/c15-8-2-4-11-3-1-5-12(9-11)14-7-6-13-10-14/h1-7,9-10,15H,8H2/b4-2+. The fourth-order valence-corrected chi connectivity index (χ4v) is 1.39. The summed E-state index contributed by atoms with van der Waals surface area (Å²) < 4.78 is 1.94. The van der Waals surface area contributed by atoms with Gasteiger partial charge >= 0.3 is 0 Å². The molecule has 2 rings (SSSR count). The molecular formula is C12H12N2O. The summed E-state index contributed by atoms with van der Waals surface area (Å²) in [5.41, 5.74) is 2.13. The summed E-state index contributed by atoms with van der Waals surface area (Å²) in [4.78, 5) is 4.00. The van der Waals surface area contributed by atoms with E-state index in [9.17, 15) is 0 Å². The third-order valence-corrected chi connectivity index (χ3v) is 2.09. The third kappa shape index (κ3) is 2.33. The highest BCUT2D eigenvalue weighted by molar-refractivity contribution is 5.53. The number of hydrogen-bond acceptors (Lipinski definition) is 2. The van der Waals surface area contributed by atoms with Crippen LogP contribution >= 0.6 is 0 Å². The first kappa shape index (κ1) is 9.68. The summed E-state index contributed by atoms with van der Waals surface area (Å²) in [5, 5.41) is 8.68. The van der Waals surface area contributed by atoms with Crippen molar-refractivity contribution >= 4 is 6.08 Å². The van der Waals surface area contributed by atoms with Gasteiger partial charge in [0.05, 0.1) is 12.9 Å². The molecule has 0 aliphatic carbocycles. The molecule has 1 aromatic carbocycles. The van der Waals surface area contributed by atoms with Gasteiger partial charge in [0.15, 0.2) is 0 Å². The molecule has 3 nitrogen and oxygen atoms in total. The van der Waals surface area contributed by atoms with Crippen LogP contribution in [-0.4, -0.2) is 21.3 Å². The molecule has 15 heavy (non-hydrogen) atoms. The fraction of sp³-hybridized carbons (Fsp3) is 0.0833. The Labute approximate surface area is 88.3 Å². The smallest absolute Gasteiger partial charge is 0.0991 e. The van der Waals surface area contributed by atoms with Crippen LogP contribution in [0.3, 0.4) is 0 Å². The monoisotopic (exact) mass is 200 g/mol. The molecule has 76 valence electrons. The molecule has 0 aliphatic rings. The van der Waals surface area contributed by atoms with E-state index in [0.29, 0.717) is 0 Å². The van der Waals surface area contributed by atoms with Crippen molar-refractivity contribution in [2.24, 2.45) is 0 Å². The molecule has 0 spiro atoms.